The predicted octanol–water partition coefficient (Wildman–Crippen LogP) is 5.07. The number of anilines is 1. The first-order valence-corrected chi connectivity index (χ1v) is 10.9. The van der Waals surface area contributed by atoms with Gasteiger partial charge in [-0.15, -0.1) is 11.3 Å². The number of hydrogen-bond acceptors (Lipinski definition) is 5. The third kappa shape index (κ3) is 5.30. The van der Waals surface area contributed by atoms with Crippen molar-refractivity contribution in [2.24, 2.45) is 4.99 Å². The van der Waals surface area contributed by atoms with E-state index in [1.165, 1.54) is 22.3 Å². The summed E-state index contributed by atoms with van der Waals surface area (Å²) >= 11 is 1.72. The molecule has 0 bridgehead atoms. The zero-order valence-corrected chi connectivity index (χ0v) is 18.5. The van der Waals surface area contributed by atoms with E-state index in [2.05, 4.69) is 33.5 Å². The second-order valence-corrected chi connectivity index (χ2v) is 8.46. The number of aromatic amines is 1. The molecule has 1 aliphatic rings. The molecule has 0 saturated heterocycles. The van der Waals surface area contributed by atoms with E-state index in [0.29, 0.717) is 12.2 Å². The standard InChI is InChI=1S/C22H15N3O2S.C2HF3O2/c26-21-16(5-3-7-24-21)22(27)25-15-8-14-11-23-12-18(14)17(10-15)20-9-13-4-1-2-6-19(13)28-20;3-2(4,5)1(6)7/h1-11H,12H2,(H,24,26)(H,25,27);(H,6,7). The Morgan fingerprint density at radius 2 is 1.83 bits per heavy atom. The smallest absolute Gasteiger partial charge is 0.475 e. The number of carbonyl (C=O) groups is 2. The van der Waals surface area contributed by atoms with Crippen molar-refractivity contribution in [3.05, 3.63) is 87.8 Å². The highest BCUT2D eigenvalue weighted by Crippen LogP contribution is 2.39. The number of aromatic nitrogens is 1. The topological polar surface area (TPSA) is 112 Å². The second-order valence-electron chi connectivity index (χ2n) is 7.38. The van der Waals surface area contributed by atoms with Crippen molar-refractivity contribution < 1.29 is 27.9 Å². The third-order valence-electron chi connectivity index (χ3n) is 5.02. The largest absolute Gasteiger partial charge is 0.490 e. The van der Waals surface area contributed by atoms with Gasteiger partial charge >= 0.3 is 12.1 Å². The highest BCUT2D eigenvalue weighted by molar-refractivity contribution is 7.22. The molecule has 2 aromatic heterocycles. The van der Waals surface area contributed by atoms with Crippen molar-refractivity contribution in [1.82, 2.24) is 4.98 Å². The molecule has 0 unspecified atom stereocenters. The number of carboxylic acid groups (broad SMARTS) is 1. The summed E-state index contributed by atoms with van der Waals surface area (Å²) in [6.07, 6.45) is -1.75. The molecule has 0 saturated carbocycles. The number of carbonyl (C=O) groups excluding carboxylic acids is 1. The van der Waals surface area contributed by atoms with Crippen molar-refractivity contribution in [2.75, 3.05) is 5.32 Å². The summed E-state index contributed by atoms with van der Waals surface area (Å²) < 4.78 is 33.0. The molecule has 35 heavy (non-hydrogen) atoms. The summed E-state index contributed by atoms with van der Waals surface area (Å²) in [6.45, 7) is 0.630. The number of H-pyrrole nitrogens is 1. The van der Waals surface area contributed by atoms with Gasteiger partial charge < -0.3 is 15.4 Å². The summed E-state index contributed by atoms with van der Waals surface area (Å²) in [7, 11) is 0. The quantitative estimate of drug-likeness (QED) is 0.365. The SMILES string of the molecule is O=C(Nc1cc2c(c(-c3cc4ccccc4s3)c1)CN=C2)c1ccc[nH]c1=O.O=C(O)C(F)(F)F. The summed E-state index contributed by atoms with van der Waals surface area (Å²) in [5.41, 5.74) is 3.53. The molecule has 11 heteroatoms. The van der Waals surface area contributed by atoms with Crippen molar-refractivity contribution in [2.45, 2.75) is 12.7 Å². The first-order valence-electron chi connectivity index (χ1n) is 10.1. The number of alkyl halides is 3. The van der Waals surface area contributed by atoms with E-state index in [-0.39, 0.29) is 5.56 Å². The molecule has 0 spiro atoms. The first kappa shape index (κ1) is 23.9. The van der Waals surface area contributed by atoms with Crippen LogP contribution in [-0.4, -0.2) is 34.4 Å². The number of fused-ring (bicyclic) bond motifs is 2. The van der Waals surface area contributed by atoms with Crippen LogP contribution in [0.4, 0.5) is 18.9 Å². The summed E-state index contributed by atoms with van der Waals surface area (Å²) in [6, 6.07) is 17.4. The number of pyridine rings is 1. The molecule has 1 amide bonds. The van der Waals surface area contributed by atoms with E-state index in [0.717, 1.165) is 21.6 Å². The molecule has 0 aliphatic carbocycles. The summed E-state index contributed by atoms with van der Waals surface area (Å²) in [4.78, 5) is 41.4. The Bertz CT molecular complexity index is 1490. The minimum atomic E-state index is -5.08. The highest BCUT2D eigenvalue weighted by Gasteiger charge is 2.38. The molecule has 4 aromatic rings. The van der Waals surface area contributed by atoms with Crippen molar-refractivity contribution in [3.63, 3.8) is 0 Å². The number of nitrogens with one attached hydrogen (secondary N) is 2. The second kappa shape index (κ2) is 9.55. The molecule has 178 valence electrons. The van der Waals surface area contributed by atoms with E-state index < -0.39 is 23.6 Å². The number of rotatable bonds is 3. The van der Waals surface area contributed by atoms with E-state index in [9.17, 15) is 22.8 Å². The normalized spacial score (nSPS) is 12.1. The molecular weight excluding hydrogens is 483 g/mol. The number of hydrogen-bond donors (Lipinski definition) is 3. The van der Waals surface area contributed by atoms with Gasteiger partial charge in [-0.05, 0) is 52.9 Å². The highest BCUT2D eigenvalue weighted by atomic mass is 32.1. The number of halogens is 3. The maximum Gasteiger partial charge on any atom is 0.490 e. The van der Waals surface area contributed by atoms with Gasteiger partial charge in [0.2, 0.25) is 0 Å². The van der Waals surface area contributed by atoms with Gasteiger partial charge in [0.05, 0.1) is 6.54 Å². The Morgan fingerprint density at radius 3 is 2.51 bits per heavy atom. The average Bonchev–Trinajstić information content (AvgIpc) is 3.45. The van der Waals surface area contributed by atoms with Crippen LogP contribution in [0.2, 0.25) is 0 Å². The van der Waals surface area contributed by atoms with Crippen molar-refractivity contribution in [1.29, 1.82) is 0 Å². The summed E-state index contributed by atoms with van der Waals surface area (Å²) in [5.74, 6) is -3.19. The lowest BCUT2D eigenvalue weighted by Crippen LogP contribution is -2.22. The van der Waals surface area contributed by atoms with Gasteiger partial charge in [-0.25, -0.2) is 4.79 Å². The molecular formula is C24H16F3N3O4S. The van der Waals surface area contributed by atoms with Crippen LogP contribution in [0.25, 0.3) is 20.5 Å². The van der Waals surface area contributed by atoms with Gasteiger partial charge in [-0.1, -0.05) is 18.2 Å². The Hall–Kier alpha value is -4.25. The number of carboxylic acids is 1. The zero-order valence-electron chi connectivity index (χ0n) is 17.7. The fraction of sp³-hybridized carbons (Fsp3) is 0.0833. The Balaban J connectivity index is 0.000000364. The number of benzene rings is 2. The lowest BCUT2D eigenvalue weighted by atomic mass is 10.00. The predicted molar refractivity (Wildman–Crippen MR) is 127 cm³/mol. The molecule has 1 aliphatic heterocycles. The molecule has 3 heterocycles. The van der Waals surface area contributed by atoms with Gasteiger partial charge in [0.15, 0.2) is 0 Å². The summed E-state index contributed by atoms with van der Waals surface area (Å²) in [5, 5.41) is 11.2. The monoisotopic (exact) mass is 499 g/mol. The van der Waals surface area contributed by atoms with E-state index in [1.54, 1.807) is 17.4 Å². The van der Waals surface area contributed by atoms with Gasteiger partial charge in [-0.2, -0.15) is 13.2 Å². The van der Waals surface area contributed by atoms with Gasteiger partial charge in [-0.3, -0.25) is 14.6 Å². The number of aliphatic imine (C=N–C) groups is 1. The number of amides is 1. The van der Waals surface area contributed by atoms with Crippen molar-refractivity contribution in [3.8, 4) is 10.4 Å². The molecule has 3 N–H and O–H groups in total. The van der Waals surface area contributed by atoms with Gasteiger partial charge in [0.25, 0.3) is 11.5 Å². The first-order chi connectivity index (χ1) is 16.6. The minimum absolute atomic E-state index is 0.0834. The number of nitrogens with zero attached hydrogens (tertiary/aromatic N) is 1. The average molecular weight is 499 g/mol. The van der Waals surface area contributed by atoms with Crippen LogP contribution in [0, 0.1) is 0 Å². The van der Waals surface area contributed by atoms with Crippen LogP contribution in [0.5, 0.6) is 0 Å². The van der Waals surface area contributed by atoms with Crippen molar-refractivity contribution >= 4 is 45.2 Å². The lowest BCUT2D eigenvalue weighted by molar-refractivity contribution is -0.192. The van der Waals surface area contributed by atoms with Crippen LogP contribution in [-0.2, 0) is 11.3 Å². The lowest BCUT2D eigenvalue weighted by Gasteiger charge is -2.11. The Labute approximate surface area is 199 Å². The van der Waals surface area contributed by atoms with Crippen LogP contribution in [0.15, 0.2) is 70.6 Å². The van der Waals surface area contributed by atoms with Crippen LogP contribution < -0.4 is 10.9 Å². The van der Waals surface area contributed by atoms with Gasteiger partial charge in [0, 0.05) is 33.2 Å². The zero-order chi connectivity index (χ0) is 25.2. The molecule has 2 aromatic carbocycles. The van der Waals surface area contributed by atoms with E-state index in [4.69, 9.17) is 9.90 Å². The van der Waals surface area contributed by atoms with Gasteiger partial charge in [0.1, 0.15) is 5.56 Å². The minimum Gasteiger partial charge on any atom is -0.475 e. The molecule has 0 radical (unpaired) electrons. The van der Waals surface area contributed by atoms with Crippen LogP contribution in [0.3, 0.4) is 0 Å². The molecule has 0 atom stereocenters. The third-order valence-corrected chi connectivity index (χ3v) is 6.17. The number of thiophene rings is 1. The maximum atomic E-state index is 12.6. The fourth-order valence-corrected chi connectivity index (χ4v) is 4.53. The van der Waals surface area contributed by atoms with E-state index >= 15 is 0 Å². The molecule has 7 nitrogen and oxygen atoms in total. The van der Waals surface area contributed by atoms with Crippen LogP contribution >= 0.6 is 11.3 Å². The fourth-order valence-electron chi connectivity index (χ4n) is 3.43. The number of aliphatic carboxylic acids is 1. The maximum absolute atomic E-state index is 12.6. The molecule has 5 rings (SSSR count). The van der Waals surface area contributed by atoms with Crippen LogP contribution in [0.1, 0.15) is 21.5 Å². The molecule has 0 fully saturated rings. The van der Waals surface area contributed by atoms with E-state index in [1.807, 2.05) is 30.5 Å². The Kier molecular flexibility index (Phi) is 6.52. The Morgan fingerprint density at radius 1 is 1.09 bits per heavy atom.